The van der Waals surface area contributed by atoms with Gasteiger partial charge in [-0.15, -0.1) is 0 Å². The highest BCUT2D eigenvalue weighted by atomic mass is 35.5. The van der Waals surface area contributed by atoms with E-state index in [1.165, 1.54) is 6.07 Å². The van der Waals surface area contributed by atoms with E-state index < -0.39 is 0 Å². The molecule has 0 aliphatic heterocycles. The summed E-state index contributed by atoms with van der Waals surface area (Å²) in [5.41, 5.74) is 0.764. The molecule has 0 heterocycles. The third kappa shape index (κ3) is 3.31. The topological polar surface area (TPSA) is 55.2 Å². The zero-order chi connectivity index (χ0) is 13.0. The quantitative estimate of drug-likeness (QED) is 0.516. The number of hydrogen-bond acceptors (Lipinski definition) is 3. The van der Waals surface area contributed by atoms with Gasteiger partial charge in [-0.25, -0.2) is 0 Å². The molecule has 0 radical (unpaired) electrons. The second kappa shape index (κ2) is 5.98. The Hall–Kier alpha value is -1.39. The van der Waals surface area contributed by atoms with Crippen molar-refractivity contribution in [2.24, 2.45) is 0 Å². The molecule has 0 amide bonds. The van der Waals surface area contributed by atoms with Crippen LogP contribution in [0.1, 0.15) is 24.8 Å². The summed E-state index contributed by atoms with van der Waals surface area (Å²) < 4.78 is 0. The predicted molar refractivity (Wildman–Crippen MR) is 71.7 cm³/mol. The van der Waals surface area contributed by atoms with Crippen LogP contribution in [-0.4, -0.2) is 11.0 Å². The van der Waals surface area contributed by atoms with Gasteiger partial charge >= 0.3 is 0 Å². The lowest BCUT2D eigenvalue weighted by Gasteiger charge is -2.19. The minimum atomic E-state index is -0.385. The van der Waals surface area contributed by atoms with Gasteiger partial charge in [0.15, 0.2) is 0 Å². The lowest BCUT2D eigenvalue weighted by molar-refractivity contribution is -0.385. The Kier molecular flexibility index (Phi) is 4.33. The molecule has 5 heteroatoms. The molecular formula is C13H15ClN2O2. The van der Waals surface area contributed by atoms with Crippen LogP contribution in [0.2, 0.25) is 5.02 Å². The summed E-state index contributed by atoms with van der Waals surface area (Å²) in [5.74, 6) is 0. The van der Waals surface area contributed by atoms with Crippen LogP contribution in [0.15, 0.2) is 30.4 Å². The predicted octanol–water partition coefficient (Wildman–Crippen LogP) is 3.45. The van der Waals surface area contributed by atoms with Crippen LogP contribution in [0.25, 0.3) is 0 Å². The molecule has 1 aromatic carbocycles. The van der Waals surface area contributed by atoms with Crippen molar-refractivity contribution in [2.75, 3.05) is 0 Å². The first-order valence-corrected chi connectivity index (χ1v) is 6.36. The summed E-state index contributed by atoms with van der Waals surface area (Å²) in [6.45, 7) is 0.506. The molecule has 1 unspecified atom stereocenters. The molecule has 0 bridgehead atoms. The molecule has 0 aromatic heterocycles. The third-order valence-electron chi connectivity index (χ3n) is 3.09. The van der Waals surface area contributed by atoms with Crippen molar-refractivity contribution in [1.29, 1.82) is 0 Å². The molecule has 1 aliphatic rings. The molecule has 18 heavy (non-hydrogen) atoms. The van der Waals surface area contributed by atoms with Crippen molar-refractivity contribution in [2.45, 2.75) is 31.8 Å². The number of benzene rings is 1. The van der Waals surface area contributed by atoms with Crippen molar-refractivity contribution < 1.29 is 4.92 Å². The van der Waals surface area contributed by atoms with E-state index in [1.54, 1.807) is 12.1 Å². The van der Waals surface area contributed by atoms with Crippen LogP contribution >= 0.6 is 11.6 Å². The Labute approximate surface area is 111 Å². The molecule has 0 spiro atoms. The van der Waals surface area contributed by atoms with E-state index in [2.05, 4.69) is 17.5 Å². The normalized spacial score (nSPS) is 18.8. The Bertz CT molecular complexity index is 474. The maximum absolute atomic E-state index is 10.9. The lowest BCUT2D eigenvalue weighted by atomic mass is 10.0. The summed E-state index contributed by atoms with van der Waals surface area (Å²) >= 11 is 5.78. The van der Waals surface area contributed by atoms with Gasteiger partial charge in [-0.2, -0.15) is 0 Å². The fourth-order valence-electron chi connectivity index (χ4n) is 2.09. The smallest absolute Gasteiger partial charge is 0.275 e. The Morgan fingerprint density at radius 3 is 2.94 bits per heavy atom. The van der Waals surface area contributed by atoms with E-state index in [-0.39, 0.29) is 10.6 Å². The van der Waals surface area contributed by atoms with E-state index in [9.17, 15) is 10.1 Å². The zero-order valence-corrected chi connectivity index (χ0v) is 10.7. The first-order valence-electron chi connectivity index (χ1n) is 5.98. The van der Waals surface area contributed by atoms with Crippen LogP contribution in [-0.2, 0) is 6.54 Å². The summed E-state index contributed by atoms with van der Waals surface area (Å²) in [4.78, 5) is 10.5. The van der Waals surface area contributed by atoms with Crippen LogP contribution in [0.5, 0.6) is 0 Å². The van der Waals surface area contributed by atoms with Gasteiger partial charge in [0.25, 0.3) is 5.69 Å². The van der Waals surface area contributed by atoms with Gasteiger partial charge in [-0.1, -0.05) is 23.8 Å². The number of nitrogens with one attached hydrogen (secondary N) is 1. The number of hydrogen-bond donors (Lipinski definition) is 1. The molecule has 1 atom stereocenters. The summed E-state index contributed by atoms with van der Waals surface area (Å²) in [6.07, 6.45) is 7.46. The van der Waals surface area contributed by atoms with Gasteiger partial charge in [0.05, 0.1) is 4.92 Å². The highest BCUT2D eigenvalue weighted by Crippen LogP contribution is 2.23. The van der Waals surface area contributed by atoms with Crippen molar-refractivity contribution in [1.82, 2.24) is 5.32 Å². The molecule has 0 saturated carbocycles. The number of nitrogens with zero attached hydrogens (tertiary/aromatic N) is 1. The van der Waals surface area contributed by atoms with Crippen molar-refractivity contribution in [3.63, 3.8) is 0 Å². The molecule has 1 N–H and O–H groups in total. The Balaban J connectivity index is 2.04. The molecule has 1 aliphatic carbocycles. The first-order chi connectivity index (χ1) is 8.66. The van der Waals surface area contributed by atoms with E-state index in [1.807, 2.05) is 0 Å². The van der Waals surface area contributed by atoms with Crippen LogP contribution in [0, 0.1) is 10.1 Å². The summed E-state index contributed by atoms with van der Waals surface area (Å²) in [7, 11) is 0. The van der Waals surface area contributed by atoms with E-state index in [4.69, 9.17) is 11.6 Å². The molecule has 0 saturated heterocycles. The number of halogens is 1. The summed E-state index contributed by atoms with van der Waals surface area (Å²) in [5, 5.41) is 14.7. The largest absolute Gasteiger partial charge is 0.309 e. The van der Waals surface area contributed by atoms with Gasteiger partial charge in [0, 0.05) is 29.2 Å². The molecular weight excluding hydrogens is 252 g/mol. The number of rotatable bonds is 4. The fraction of sp³-hybridized carbons (Fsp3) is 0.385. The minimum absolute atomic E-state index is 0.0846. The number of allylic oxidation sites excluding steroid dienone is 1. The van der Waals surface area contributed by atoms with Gasteiger partial charge in [-0.3, -0.25) is 10.1 Å². The maximum atomic E-state index is 10.9. The maximum Gasteiger partial charge on any atom is 0.275 e. The van der Waals surface area contributed by atoms with Crippen LogP contribution in [0.4, 0.5) is 5.69 Å². The highest BCUT2D eigenvalue weighted by Gasteiger charge is 2.16. The molecule has 4 nitrogen and oxygen atoms in total. The van der Waals surface area contributed by atoms with E-state index >= 15 is 0 Å². The molecule has 96 valence electrons. The molecule has 0 fully saturated rings. The zero-order valence-electron chi connectivity index (χ0n) is 9.93. The average molecular weight is 267 g/mol. The summed E-state index contributed by atoms with van der Waals surface area (Å²) in [6, 6.07) is 5.21. The third-order valence-corrected chi connectivity index (χ3v) is 3.33. The van der Waals surface area contributed by atoms with E-state index in [0.717, 1.165) is 19.3 Å². The monoisotopic (exact) mass is 266 g/mol. The van der Waals surface area contributed by atoms with Gasteiger partial charge < -0.3 is 5.32 Å². The second-order valence-corrected chi connectivity index (χ2v) is 4.83. The standard InChI is InChI=1S/C13H15ClN2O2/c14-11-7-6-10(13(8-11)16(17)18)9-15-12-4-2-1-3-5-12/h1-2,6-8,12,15H,3-5,9H2. The van der Waals surface area contributed by atoms with Gasteiger partial charge in [0.2, 0.25) is 0 Å². The van der Waals surface area contributed by atoms with Crippen LogP contribution < -0.4 is 5.32 Å². The highest BCUT2D eigenvalue weighted by molar-refractivity contribution is 6.30. The average Bonchev–Trinajstić information content (AvgIpc) is 2.38. The van der Waals surface area contributed by atoms with Crippen molar-refractivity contribution in [3.05, 3.63) is 51.1 Å². The lowest BCUT2D eigenvalue weighted by Crippen LogP contribution is -2.29. The van der Waals surface area contributed by atoms with Gasteiger partial charge in [0.1, 0.15) is 0 Å². The Morgan fingerprint density at radius 2 is 2.28 bits per heavy atom. The number of nitro benzene ring substituents is 1. The molecule has 1 aromatic rings. The first kappa shape index (κ1) is 13.1. The SMILES string of the molecule is O=[N+]([O-])c1cc(Cl)ccc1CNC1CC=CCC1. The van der Waals surface area contributed by atoms with Crippen molar-refractivity contribution in [3.8, 4) is 0 Å². The van der Waals surface area contributed by atoms with Crippen LogP contribution in [0.3, 0.4) is 0 Å². The molecule has 2 rings (SSSR count). The van der Waals surface area contributed by atoms with E-state index in [0.29, 0.717) is 23.2 Å². The Morgan fingerprint density at radius 1 is 1.44 bits per heavy atom. The number of nitro groups is 1. The minimum Gasteiger partial charge on any atom is -0.309 e. The fourth-order valence-corrected chi connectivity index (χ4v) is 2.26. The second-order valence-electron chi connectivity index (χ2n) is 4.39. The van der Waals surface area contributed by atoms with Gasteiger partial charge in [-0.05, 0) is 31.4 Å². The van der Waals surface area contributed by atoms with Crippen molar-refractivity contribution >= 4 is 17.3 Å².